The highest BCUT2D eigenvalue weighted by Gasteiger charge is 2.35. The molecule has 1 atom stereocenters. The summed E-state index contributed by atoms with van der Waals surface area (Å²) in [7, 11) is -1.92. The summed E-state index contributed by atoms with van der Waals surface area (Å²) in [5, 5.41) is 3.36. The maximum absolute atomic E-state index is 12.5. The first kappa shape index (κ1) is 16.9. The Balaban J connectivity index is 2.16. The maximum atomic E-state index is 12.5. The quantitative estimate of drug-likeness (QED) is 0.794. The SMILES string of the molecule is COCC1(CNS(=O)(=O)c2cccc(C)c2Br)CCCN1. The van der Waals surface area contributed by atoms with Crippen molar-refractivity contribution in [1.82, 2.24) is 10.0 Å². The molecule has 21 heavy (non-hydrogen) atoms. The molecule has 7 heteroatoms. The first-order chi connectivity index (χ1) is 9.90. The Hall–Kier alpha value is -0.470. The molecule has 0 aromatic heterocycles. The molecule has 0 aliphatic carbocycles. The van der Waals surface area contributed by atoms with Crippen LogP contribution in [0.3, 0.4) is 0 Å². The lowest BCUT2D eigenvalue weighted by molar-refractivity contribution is 0.122. The second-order valence-electron chi connectivity index (χ2n) is 5.46. The number of rotatable bonds is 6. The molecule has 1 aliphatic heterocycles. The molecular weight excluding hydrogens is 356 g/mol. The Morgan fingerprint density at radius 1 is 1.48 bits per heavy atom. The molecule has 0 saturated carbocycles. The Bertz CT molecular complexity index is 598. The number of sulfonamides is 1. The number of halogens is 1. The fraction of sp³-hybridized carbons (Fsp3) is 0.571. The molecule has 5 nitrogen and oxygen atoms in total. The molecule has 1 heterocycles. The van der Waals surface area contributed by atoms with E-state index < -0.39 is 10.0 Å². The lowest BCUT2D eigenvalue weighted by atomic mass is 9.99. The van der Waals surface area contributed by atoms with Crippen LogP contribution in [0.1, 0.15) is 18.4 Å². The van der Waals surface area contributed by atoms with Crippen molar-refractivity contribution in [1.29, 1.82) is 0 Å². The minimum atomic E-state index is -3.55. The van der Waals surface area contributed by atoms with Crippen molar-refractivity contribution < 1.29 is 13.2 Å². The number of methoxy groups -OCH3 is 1. The average Bonchev–Trinajstić information content (AvgIpc) is 2.89. The standard InChI is InChI=1S/C14H21BrN2O3S/c1-11-5-3-6-12(13(11)15)21(18,19)17-9-14(10-20-2)7-4-8-16-14/h3,5-6,16-17H,4,7-10H2,1-2H3. The third kappa shape index (κ3) is 3.84. The van der Waals surface area contributed by atoms with E-state index in [1.807, 2.05) is 13.0 Å². The fourth-order valence-electron chi connectivity index (χ4n) is 2.61. The monoisotopic (exact) mass is 376 g/mol. The summed E-state index contributed by atoms with van der Waals surface area (Å²) < 4.78 is 33.6. The van der Waals surface area contributed by atoms with E-state index in [0.717, 1.165) is 24.9 Å². The minimum absolute atomic E-state index is 0.271. The molecule has 1 aromatic carbocycles. The molecular formula is C14H21BrN2O3S. The van der Waals surface area contributed by atoms with Gasteiger partial charge >= 0.3 is 0 Å². The van der Waals surface area contributed by atoms with Crippen LogP contribution < -0.4 is 10.0 Å². The highest BCUT2D eigenvalue weighted by atomic mass is 79.9. The van der Waals surface area contributed by atoms with Gasteiger partial charge < -0.3 is 10.1 Å². The summed E-state index contributed by atoms with van der Waals surface area (Å²) in [6, 6.07) is 5.21. The molecule has 118 valence electrons. The van der Waals surface area contributed by atoms with E-state index in [0.29, 0.717) is 17.6 Å². The van der Waals surface area contributed by atoms with E-state index in [2.05, 4.69) is 26.0 Å². The fourth-order valence-corrected chi connectivity index (χ4v) is 4.79. The molecule has 1 fully saturated rings. The Kier molecular flexibility index (Phi) is 5.43. The van der Waals surface area contributed by atoms with Gasteiger partial charge in [0.1, 0.15) is 0 Å². The third-order valence-electron chi connectivity index (χ3n) is 3.80. The van der Waals surface area contributed by atoms with Crippen molar-refractivity contribution in [3.8, 4) is 0 Å². The van der Waals surface area contributed by atoms with Crippen molar-refractivity contribution in [2.45, 2.75) is 30.2 Å². The summed E-state index contributed by atoms with van der Waals surface area (Å²) in [6.45, 7) is 3.57. The minimum Gasteiger partial charge on any atom is -0.383 e. The summed E-state index contributed by atoms with van der Waals surface area (Å²) in [5.41, 5.74) is 0.585. The molecule has 1 aromatic rings. The van der Waals surface area contributed by atoms with E-state index in [1.165, 1.54) is 0 Å². The molecule has 2 N–H and O–H groups in total. The van der Waals surface area contributed by atoms with Gasteiger partial charge in [-0.15, -0.1) is 0 Å². The van der Waals surface area contributed by atoms with E-state index in [1.54, 1.807) is 19.2 Å². The van der Waals surface area contributed by atoms with Gasteiger partial charge in [0.05, 0.1) is 17.0 Å². The van der Waals surface area contributed by atoms with E-state index in [9.17, 15) is 8.42 Å². The molecule has 0 spiro atoms. The normalized spacial score (nSPS) is 22.6. The number of ether oxygens (including phenoxy) is 1. The van der Waals surface area contributed by atoms with Crippen LogP contribution in [0, 0.1) is 6.92 Å². The van der Waals surface area contributed by atoms with Crippen LogP contribution in [0.15, 0.2) is 27.6 Å². The van der Waals surface area contributed by atoms with Gasteiger partial charge in [0, 0.05) is 18.1 Å². The lowest BCUT2D eigenvalue weighted by Gasteiger charge is -2.29. The van der Waals surface area contributed by atoms with Gasteiger partial charge in [0.2, 0.25) is 10.0 Å². The van der Waals surface area contributed by atoms with Crippen molar-refractivity contribution in [3.05, 3.63) is 28.2 Å². The summed E-state index contributed by atoms with van der Waals surface area (Å²) in [6.07, 6.45) is 1.93. The predicted molar refractivity (Wildman–Crippen MR) is 85.9 cm³/mol. The lowest BCUT2D eigenvalue weighted by Crippen LogP contribution is -2.52. The van der Waals surface area contributed by atoms with E-state index >= 15 is 0 Å². The van der Waals surface area contributed by atoms with Crippen molar-refractivity contribution in [2.24, 2.45) is 0 Å². The Labute approximate surface area is 134 Å². The highest BCUT2D eigenvalue weighted by molar-refractivity contribution is 9.10. The van der Waals surface area contributed by atoms with Crippen LogP contribution in [0.5, 0.6) is 0 Å². The first-order valence-corrected chi connectivity index (χ1v) is 9.17. The zero-order chi connectivity index (χ0) is 15.5. The van der Waals surface area contributed by atoms with Crippen LogP contribution in [0.4, 0.5) is 0 Å². The topological polar surface area (TPSA) is 67.4 Å². The first-order valence-electron chi connectivity index (χ1n) is 6.89. The molecule has 0 amide bonds. The smallest absolute Gasteiger partial charge is 0.241 e. The van der Waals surface area contributed by atoms with Crippen LogP contribution in [-0.2, 0) is 14.8 Å². The van der Waals surface area contributed by atoms with Crippen LogP contribution >= 0.6 is 15.9 Å². The second kappa shape index (κ2) is 6.75. The zero-order valence-electron chi connectivity index (χ0n) is 12.3. The van der Waals surface area contributed by atoms with Gasteiger partial charge in [-0.3, -0.25) is 0 Å². The molecule has 2 rings (SSSR count). The van der Waals surface area contributed by atoms with E-state index in [-0.39, 0.29) is 10.4 Å². The van der Waals surface area contributed by atoms with Crippen LogP contribution in [0.2, 0.25) is 0 Å². The summed E-state index contributed by atoms with van der Waals surface area (Å²) >= 11 is 3.35. The van der Waals surface area contributed by atoms with Crippen molar-refractivity contribution in [3.63, 3.8) is 0 Å². The predicted octanol–water partition coefficient (Wildman–Crippen LogP) is 1.80. The summed E-state index contributed by atoms with van der Waals surface area (Å²) in [4.78, 5) is 0.271. The van der Waals surface area contributed by atoms with E-state index in [4.69, 9.17) is 4.74 Å². The van der Waals surface area contributed by atoms with Gasteiger partial charge in [0.15, 0.2) is 0 Å². The van der Waals surface area contributed by atoms with Crippen molar-refractivity contribution in [2.75, 3.05) is 26.8 Å². The zero-order valence-corrected chi connectivity index (χ0v) is 14.7. The molecule has 1 aliphatic rings. The number of nitrogens with one attached hydrogen (secondary N) is 2. The molecule has 0 bridgehead atoms. The van der Waals surface area contributed by atoms with Gasteiger partial charge in [-0.2, -0.15) is 0 Å². The third-order valence-corrected chi connectivity index (χ3v) is 6.56. The second-order valence-corrected chi connectivity index (χ2v) is 7.98. The number of benzene rings is 1. The van der Waals surface area contributed by atoms with Crippen molar-refractivity contribution >= 4 is 26.0 Å². The summed E-state index contributed by atoms with van der Waals surface area (Å²) in [5.74, 6) is 0. The van der Waals surface area contributed by atoms with Gasteiger partial charge in [-0.1, -0.05) is 12.1 Å². The van der Waals surface area contributed by atoms with Crippen LogP contribution in [-0.4, -0.2) is 40.8 Å². The largest absolute Gasteiger partial charge is 0.383 e. The maximum Gasteiger partial charge on any atom is 0.241 e. The number of aryl methyl sites for hydroxylation is 1. The van der Waals surface area contributed by atoms with Gasteiger partial charge in [-0.05, 0) is 53.9 Å². The van der Waals surface area contributed by atoms with Gasteiger partial charge in [-0.25, -0.2) is 13.1 Å². The number of hydrogen-bond donors (Lipinski definition) is 2. The average molecular weight is 377 g/mol. The highest BCUT2D eigenvalue weighted by Crippen LogP contribution is 2.26. The van der Waals surface area contributed by atoms with Gasteiger partial charge in [0.25, 0.3) is 0 Å². The van der Waals surface area contributed by atoms with Crippen LogP contribution in [0.25, 0.3) is 0 Å². The Morgan fingerprint density at radius 2 is 2.24 bits per heavy atom. The Morgan fingerprint density at radius 3 is 2.86 bits per heavy atom. The molecule has 1 unspecified atom stereocenters. The molecule has 0 radical (unpaired) electrons. The number of hydrogen-bond acceptors (Lipinski definition) is 4. The molecule has 1 saturated heterocycles.